The summed E-state index contributed by atoms with van der Waals surface area (Å²) in [5.41, 5.74) is 5.72. The third-order valence-electron chi connectivity index (χ3n) is 4.62. The molecule has 0 aliphatic heterocycles. The van der Waals surface area contributed by atoms with E-state index in [9.17, 15) is 5.11 Å². The molecular formula is C21H14O3. The average Bonchev–Trinajstić information content (AvgIpc) is 3.36. The first-order chi connectivity index (χ1) is 11.8. The largest absolute Gasteiger partial charge is 0.464 e. The van der Waals surface area contributed by atoms with Crippen LogP contribution in [-0.4, -0.2) is 5.11 Å². The Bertz CT molecular complexity index is 1010. The van der Waals surface area contributed by atoms with Crippen molar-refractivity contribution < 1.29 is 13.9 Å². The molecule has 3 heteroatoms. The Morgan fingerprint density at radius 2 is 1.38 bits per heavy atom. The molecule has 0 fully saturated rings. The van der Waals surface area contributed by atoms with Crippen molar-refractivity contribution in [2.24, 2.45) is 0 Å². The molecule has 2 heterocycles. The number of aliphatic hydroxyl groups is 1. The van der Waals surface area contributed by atoms with Crippen LogP contribution in [0.15, 0.2) is 82.0 Å². The molecule has 3 nitrogen and oxygen atoms in total. The van der Waals surface area contributed by atoms with E-state index in [-0.39, 0.29) is 0 Å². The van der Waals surface area contributed by atoms with Crippen LogP contribution >= 0.6 is 0 Å². The number of furan rings is 2. The van der Waals surface area contributed by atoms with Gasteiger partial charge in [-0.2, -0.15) is 0 Å². The van der Waals surface area contributed by atoms with Gasteiger partial charge in [0.05, 0.1) is 12.5 Å². The van der Waals surface area contributed by atoms with E-state index in [0.29, 0.717) is 0 Å². The fourth-order valence-corrected chi connectivity index (χ4v) is 3.60. The van der Waals surface area contributed by atoms with Gasteiger partial charge >= 0.3 is 0 Å². The quantitative estimate of drug-likeness (QED) is 0.548. The lowest BCUT2D eigenvalue weighted by Crippen LogP contribution is -1.98. The highest BCUT2D eigenvalue weighted by Gasteiger charge is 2.32. The van der Waals surface area contributed by atoms with Crippen LogP contribution < -0.4 is 0 Å². The average molecular weight is 314 g/mol. The molecule has 24 heavy (non-hydrogen) atoms. The van der Waals surface area contributed by atoms with Crippen LogP contribution in [0, 0.1) is 0 Å². The van der Waals surface area contributed by atoms with Gasteiger partial charge in [-0.3, -0.25) is 0 Å². The molecule has 0 saturated heterocycles. The number of benzene rings is 2. The highest BCUT2D eigenvalue weighted by atomic mass is 16.3. The normalized spacial score (nSPS) is 15.3. The van der Waals surface area contributed by atoms with Crippen LogP contribution in [0.4, 0.5) is 0 Å². The van der Waals surface area contributed by atoms with Crippen LogP contribution in [0.1, 0.15) is 17.2 Å². The molecule has 0 bridgehead atoms. The van der Waals surface area contributed by atoms with Crippen molar-refractivity contribution in [2.75, 3.05) is 0 Å². The molecule has 0 amide bonds. The first-order valence-corrected chi connectivity index (χ1v) is 7.86. The monoisotopic (exact) mass is 314 g/mol. The molecule has 1 atom stereocenters. The van der Waals surface area contributed by atoms with Gasteiger partial charge in [-0.05, 0) is 47.0 Å². The van der Waals surface area contributed by atoms with Crippen LogP contribution in [0.3, 0.4) is 0 Å². The summed E-state index contributed by atoms with van der Waals surface area (Å²) in [5, 5.41) is 11.0. The van der Waals surface area contributed by atoms with Gasteiger partial charge in [-0.25, -0.2) is 0 Å². The molecular weight excluding hydrogens is 300 g/mol. The van der Waals surface area contributed by atoms with E-state index < -0.39 is 6.10 Å². The highest BCUT2D eigenvalue weighted by molar-refractivity contribution is 5.92. The Hall–Kier alpha value is -3.04. The molecule has 116 valence electrons. The number of rotatable bonds is 2. The van der Waals surface area contributed by atoms with Crippen LogP contribution in [0.25, 0.3) is 33.8 Å². The summed E-state index contributed by atoms with van der Waals surface area (Å²) in [6.07, 6.45) is 2.63. The Balaban J connectivity index is 1.86. The van der Waals surface area contributed by atoms with Crippen molar-refractivity contribution in [3.8, 4) is 33.8 Å². The molecule has 1 unspecified atom stereocenters. The Morgan fingerprint density at radius 3 is 2.12 bits per heavy atom. The number of hydrogen-bond donors (Lipinski definition) is 1. The van der Waals surface area contributed by atoms with Gasteiger partial charge in [0.25, 0.3) is 0 Å². The van der Waals surface area contributed by atoms with Gasteiger partial charge in [0, 0.05) is 16.7 Å². The summed E-state index contributed by atoms with van der Waals surface area (Å²) in [6, 6.07) is 19.6. The van der Waals surface area contributed by atoms with E-state index in [2.05, 4.69) is 6.07 Å². The summed E-state index contributed by atoms with van der Waals surface area (Å²) < 4.78 is 11.3. The maximum absolute atomic E-state index is 11.0. The summed E-state index contributed by atoms with van der Waals surface area (Å²) in [5.74, 6) is 1.48. The second kappa shape index (κ2) is 4.98. The topological polar surface area (TPSA) is 46.5 Å². The van der Waals surface area contributed by atoms with Gasteiger partial charge in [-0.15, -0.1) is 0 Å². The van der Waals surface area contributed by atoms with Gasteiger partial charge in [-0.1, -0.05) is 30.3 Å². The van der Waals surface area contributed by atoms with Crippen LogP contribution in [0.2, 0.25) is 0 Å². The minimum Gasteiger partial charge on any atom is -0.464 e. The zero-order chi connectivity index (χ0) is 16.1. The number of fused-ring (bicyclic) bond motifs is 3. The van der Waals surface area contributed by atoms with Crippen LogP contribution in [0.5, 0.6) is 0 Å². The van der Waals surface area contributed by atoms with Crippen molar-refractivity contribution in [1.29, 1.82) is 0 Å². The Labute approximate surface area is 138 Å². The van der Waals surface area contributed by atoms with E-state index in [1.54, 1.807) is 12.5 Å². The molecule has 2 aromatic carbocycles. The fourth-order valence-electron chi connectivity index (χ4n) is 3.60. The summed E-state index contributed by atoms with van der Waals surface area (Å²) in [7, 11) is 0. The number of aliphatic hydroxyl groups excluding tert-OH is 1. The first-order valence-electron chi connectivity index (χ1n) is 7.86. The molecule has 1 aliphatic rings. The summed E-state index contributed by atoms with van der Waals surface area (Å²) in [6.45, 7) is 0. The maximum atomic E-state index is 11.0. The smallest absolute Gasteiger partial charge is 0.134 e. The SMILES string of the molecule is OC1c2ccccc2-c2ccc(-c3ccco3)c(-c3ccco3)c21. The van der Waals surface area contributed by atoms with Gasteiger partial charge in [0.1, 0.15) is 17.6 Å². The van der Waals surface area contributed by atoms with E-state index in [0.717, 1.165) is 44.9 Å². The Morgan fingerprint density at radius 1 is 0.667 bits per heavy atom. The van der Waals surface area contributed by atoms with E-state index >= 15 is 0 Å². The lowest BCUT2D eigenvalue weighted by Gasteiger charge is -2.14. The van der Waals surface area contributed by atoms with Gasteiger partial charge < -0.3 is 13.9 Å². The van der Waals surface area contributed by atoms with E-state index in [4.69, 9.17) is 8.83 Å². The van der Waals surface area contributed by atoms with Crippen molar-refractivity contribution in [2.45, 2.75) is 6.10 Å². The first kappa shape index (κ1) is 13.4. The van der Waals surface area contributed by atoms with Crippen molar-refractivity contribution in [1.82, 2.24) is 0 Å². The third kappa shape index (κ3) is 1.76. The lowest BCUT2D eigenvalue weighted by molar-refractivity contribution is 0.225. The Kier molecular flexibility index (Phi) is 2.78. The molecule has 1 N–H and O–H groups in total. The van der Waals surface area contributed by atoms with E-state index in [1.165, 1.54) is 0 Å². The predicted octanol–water partition coefficient (Wildman–Crippen LogP) is 5.27. The zero-order valence-corrected chi connectivity index (χ0v) is 12.8. The van der Waals surface area contributed by atoms with Crippen LogP contribution in [-0.2, 0) is 0 Å². The summed E-state index contributed by atoms with van der Waals surface area (Å²) >= 11 is 0. The second-order valence-electron chi connectivity index (χ2n) is 5.89. The van der Waals surface area contributed by atoms with E-state index in [1.807, 2.05) is 54.6 Å². The highest BCUT2D eigenvalue weighted by Crippen LogP contribution is 2.50. The number of hydrogen-bond acceptors (Lipinski definition) is 3. The third-order valence-corrected chi connectivity index (χ3v) is 4.62. The molecule has 4 aromatic rings. The molecule has 0 radical (unpaired) electrons. The lowest BCUT2D eigenvalue weighted by atomic mass is 9.92. The minimum absolute atomic E-state index is 0.675. The van der Waals surface area contributed by atoms with Crippen molar-refractivity contribution in [3.05, 3.63) is 84.3 Å². The predicted molar refractivity (Wildman–Crippen MR) is 91.3 cm³/mol. The maximum Gasteiger partial charge on any atom is 0.134 e. The van der Waals surface area contributed by atoms with Crippen molar-refractivity contribution >= 4 is 0 Å². The standard InChI is InChI=1S/C21H14O3/c22-21-15-6-2-1-5-13(15)14-9-10-16(17-7-3-11-23-17)19(20(14)21)18-8-4-12-24-18/h1-12,21-22H. The molecule has 5 rings (SSSR count). The minimum atomic E-state index is -0.675. The van der Waals surface area contributed by atoms with Gasteiger partial charge in [0.15, 0.2) is 0 Å². The zero-order valence-electron chi connectivity index (χ0n) is 12.8. The summed E-state index contributed by atoms with van der Waals surface area (Å²) in [4.78, 5) is 0. The molecule has 0 spiro atoms. The van der Waals surface area contributed by atoms with Gasteiger partial charge in [0.2, 0.25) is 0 Å². The van der Waals surface area contributed by atoms with Crippen molar-refractivity contribution in [3.63, 3.8) is 0 Å². The fraction of sp³-hybridized carbons (Fsp3) is 0.0476. The second-order valence-corrected chi connectivity index (χ2v) is 5.89. The molecule has 0 saturated carbocycles. The molecule has 2 aromatic heterocycles. The molecule has 1 aliphatic carbocycles.